The van der Waals surface area contributed by atoms with Crippen LogP contribution in [0, 0.1) is 12.8 Å². The van der Waals surface area contributed by atoms with Crippen molar-refractivity contribution in [2.24, 2.45) is 5.92 Å². The molecule has 0 unspecified atom stereocenters. The van der Waals surface area contributed by atoms with Gasteiger partial charge in [-0.15, -0.1) is 11.3 Å². The number of ether oxygens (including phenoxy) is 1. The Labute approximate surface area is 135 Å². The van der Waals surface area contributed by atoms with Crippen molar-refractivity contribution in [3.05, 3.63) is 16.1 Å². The molecule has 0 aromatic carbocycles. The maximum atomic E-state index is 12.0. The normalized spacial score (nSPS) is 31.3. The Morgan fingerprint density at radius 3 is 2.95 bits per heavy atom. The number of carbonyl (C=O) groups is 1. The Bertz CT molecular complexity index is 543. The minimum absolute atomic E-state index is 0.146. The van der Waals surface area contributed by atoms with Gasteiger partial charge in [0.05, 0.1) is 25.2 Å². The van der Waals surface area contributed by atoms with E-state index in [0.717, 1.165) is 51.3 Å². The lowest BCUT2D eigenvalue weighted by molar-refractivity contribution is -0.137. The summed E-state index contributed by atoms with van der Waals surface area (Å²) >= 11 is 1.74. The molecule has 3 atom stereocenters. The summed E-state index contributed by atoms with van der Waals surface area (Å²) in [6.45, 7) is 6.93. The number of fused-ring (bicyclic) bond motifs is 1. The number of likely N-dealkylation sites (tertiary alicyclic amines) is 2. The third-order valence-corrected chi connectivity index (χ3v) is 5.98. The van der Waals surface area contributed by atoms with Gasteiger partial charge in [-0.3, -0.25) is 9.69 Å². The number of aromatic nitrogens is 1. The molecule has 3 fully saturated rings. The predicted molar refractivity (Wildman–Crippen MR) is 84.7 cm³/mol. The first-order valence-corrected chi connectivity index (χ1v) is 9.12. The molecule has 0 N–H and O–H groups in total. The van der Waals surface area contributed by atoms with Gasteiger partial charge in [-0.1, -0.05) is 0 Å². The van der Waals surface area contributed by atoms with Gasteiger partial charge in [-0.05, 0) is 19.8 Å². The number of rotatable bonds is 4. The van der Waals surface area contributed by atoms with Crippen LogP contribution in [0.3, 0.4) is 0 Å². The quantitative estimate of drug-likeness (QED) is 0.846. The zero-order chi connectivity index (χ0) is 15.1. The molecule has 22 heavy (non-hydrogen) atoms. The fourth-order valence-electron chi connectivity index (χ4n) is 3.76. The summed E-state index contributed by atoms with van der Waals surface area (Å²) in [5, 5.41) is 3.31. The first-order chi connectivity index (χ1) is 10.7. The summed E-state index contributed by atoms with van der Waals surface area (Å²) in [6.07, 6.45) is 3.24. The van der Waals surface area contributed by atoms with Gasteiger partial charge in [-0.25, -0.2) is 4.98 Å². The summed E-state index contributed by atoms with van der Waals surface area (Å²) in [4.78, 5) is 21.0. The lowest BCUT2D eigenvalue weighted by Crippen LogP contribution is -2.43. The number of amides is 1. The average molecular weight is 321 g/mol. The van der Waals surface area contributed by atoms with Gasteiger partial charge in [0.2, 0.25) is 5.91 Å². The van der Waals surface area contributed by atoms with Gasteiger partial charge < -0.3 is 9.64 Å². The van der Waals surface area contributed by atoms with E-state index in [4.69, 9.17) is 4.74 Å². The molecule has 0 saturated carbocycles. The van der Waals surface area contributed by atoms with E-state index in [1.807, 2.05) is 11.8 Å². The lowest BCUT2D eigenvalue weighted by atomic mass is 10.0. The summed E-state index contributed by atoms with van der Waals surface area (Å²) in [5.74, 6) is 0.876. The SMILES string of the molecule is Cc1csc(CN2C[C@H]3C[C@H](CC(=O)N4CCC4)O[C@H]3C2)n1. The highest BCUT2D eigenvalue weighted by atomic mass is 32.1. The Kier molecular flexibility index (Phi) is 3.92. The Morgan fingerprint density at radius 1 is 1.45 bits per heavy atom. The Balaban J connectivity index is 1.26. The highest BCUT2D eigenvalue weighted by molar-refractivity contribution is 7.09. The maximum absolute atomic E-state index is 12.0. The predicted octanol–water partition coefficient (Wildman–Crippen LogP) is 1.66. The smallest absolute Gasteiger partial charge is 0.225 e. The molecule has 4 heterocycles. The van der Waals surface area contributed by atoms with Crippen LogP contribution in [-0.4, -0.2) is 59.1 Å². The number of hydrogen-bond acceptors (Lipinski definition) is 5. The summed E-state index contributed by atoms with van der Waals surface area (Å²) in [7, 11) is 0. The zero-order valence-electron chi connectivity index (χ0n) is 13.0. The van der Waals surface area contributed by atoms with E-state index in [-0.39, 0.29) is 12.0 Å². The van der Waals surface area contributed by atoms with Crippen LogP contribution in [0.25, 0.3) is 0 Å². The van der Waals surface area contributed by atoms with Crippen LogP contribution in [0.1, 0.15) is 30.0 Å². The van der Waals surface area contributed by atoms with E-state index in [1.165, 1.54) is 5.01 Å². The summed E-state index contributed by atoms with van der Waals surface area (Å²) < 4.78 is 6.14. The second kappa shape index (κ2) is 5.91. The molecular formula is C16H23N3O2S. The van der Waals surface area contributed by atoms with Crippen molar-refractivity contribution < 1.29 is 9.53 Å². The average Bonchev–Trinajstić information content (AvgIpc) is 3.02. The molecule has 0 spiro atoms. The number of carbonyl (C=O) groups excluding carboxylic acids is 1. The fourth-order valence-corrected chi connectivity index (χ4v) is 4.58. The number of aryl methyl sites for hydroxylation is 1. The molecule has 3 saturated heterocycles. The van der Waals surface area contributed by atoms with E-state index >= 15 is 0 Å². The summed E-state index contributed by atoms with van der Waals surface area (Å²) in [5.41, 5.74) is 1.11. The fraction of sp³-hybridized carbons (Fsp3) is 0.750. The molecule has 3 aliphatic rings. The van der Waals surface area contributed by atoms with Crippen LogP contribution >= 0.6 is 11.3 Å². The largest absolute Gasteiger partial charge is 0.373 e. The molecule has 0 radical (unpaired) electrons. The molecule has 1 amide bonds. The van der Waals surface area contributed by atoms with E-state index in [1.54, 1.807) is 11.3 Å². The van der Waals surface area contributed by atoms with Gasteiger partial charge in [0.1, 0.15) is 5.01 Å². The van der Waals surface area contributed by atoms with Crippen molar-refractivity contribution in [2.75, 3.05) is 26.2 Å². The minimum Gasteiger partial charge on any atom is -0.373 e. The van der Waals surface area contributed by atoms with Crippen molar-refractivity contribution in [1.29, 1.82) is 0 Å². The number of hydrogen-bond donors (Lipinski definition) is 0. The van der Waals surface area contributed by atoms with E-state index in [2.05, 4.69) is 15.3 Å². The minimum atomic E-state index is 0.146. The van der Waals surface area contributed by atoms with Gasteiger partial charge in [0.25, 0.3) is 0 Å². The third kappa shape index (κ3) is 2.92. The number of thiazole rings is 1. The van der Waals surface area contributed by atoms with Crippen molar-refractivity contribution in [1.82, 2.24) is 14.8 Å². The van der Waals surface area contributed by atoms with Crippen molar-refractivity contribution in [2.45, 2.75) is 44.9 Å². The van der Waals surface area contributed by atoms with E-state index in [0.29, 0.717) is 18.4 Å². The molecule has 1 aromatic heterocycles. The molecular weight excluding hydrogens is 298 g/mol. The second-order valence-corrected chi connectivity index (χ2v) is 7.75. The van der Waals surface area contributed by atoms with Crippen LogP contribution in [0.2, 0.25) is 0 Å². The van der Waals surface area contributed by atoms with Gasteiger partial charge in [0, 0.05) is 43.2 Å². The number of nitrogens with zero attached hydrogens (tertiary/aromatic N) is 3. The van der Waals surface area contributed by atoms with Crippen molar-refractivity contribution in [3.8, 4) is 0 Å². The topological polar surface area (TPSA) is 45.7 Å². The molecule has 6 heteroatoms. The van der Waals surface area contributed by atoms with Crippen LogP contribution in [-0.2, 0) is 16.1 Å². The Morgan fingerprint density at radius 2 is 2.32 bits per heavy atom. The monoisotopic (exact) mass is 321 g/mol. The van der Waals surface area contributed by atoms with Gasteiger partial charge in [-0.2, -0.15) is 0 Å². The molecule has 0 bridgehead atoms. The first kappa shape index (κ1) is 14.6. The van der Waals surface area contributed by atoms with E-state index < -0.39 is 0 Å². The Hall–Kier alpha value is -0.980. The molecule has 5 nitrogen and oxygen atoms in total. The van der Waals surface area contributed by atoms with Crippen LogP contribution < -0.4 is 0 Å². The molecule has 0 aliphatic carbocycles. The second-order valence-electron chi connectivity index (χ2n) is 6.81. The van der Waals surface area contributed by atoms with Gasteiger partial charge >= 0.3 is 0 Å². The maximum Gasteiger partial charge on any atom is 0.225 e. The van der Waals surface area contributed by atoms with Crippen molar-refractivity contribution in [3.63, 3.8) is 0 Å². The summed E-state index contributed by atoms with van der Waals surface area (Å²) in [6, 6.07) is 0. The van der Waals surface area contributed by atoms with E-state index in [9.17, 15) is 4.79 Å². The van der Waals surface area contributed by atoms with Crippen molar-refractivity contribution >= 4 is 17.2 Å². The van der Waals surface area contributed by atoms with Crippen LogP contribution in [0.15, 0.2) is 5.38 Å². The van der Waals surface area contributed by atoms with Crippen LogP contribution in [0.5, 0.6) is 0 Å². The lowest BCUT2D eigenvalue weighted by Gasteiger charge is -2.31. The molecule has 120 valence electrons. The van der Waals surface area contributed by atoms with Crippen LogP contribution in [0.4, 0.5) is 0 Å². The highest BCUT2D eigenvalue weighted by Crippen LogP contribution is 2.35. The molecule has 1 aromatic rings. The van der Waals surface area contributed by atoms with Gasteiger partial charge in [0.15, 0.2) is 0 Å². The standard InChI is InChI=1S/C16H23N3O2S/c1-11-10-22-15(17-11)9-18-7-12-5-13(21-14(12)8-18)6-16(20)19-3-2-4-19/h10,12-14H,2-9H2,1H3/t12-,13-,14+/m1/s1. The highest BCUT2D eigenvalue weighted by Gasteiger charge is 2.42. The third-order valence-electron chi connectivity index (χ3n) is 5.03. The zero-order valence-corrected chi connectivity index (χ0v) is 13.8. The molecule has 3 aliphatic heterocycles. The molecule has 4 rings (SSSR count). The first-order valence-electron chi connectivity index (χ1n) is 8.24.